The lowest BCUT2D eigenvalue weighted by Gasteiger charge is -2.26. The zero-order valence-electron chi connectivity index (χ0n) is 14.0. The Morgan fingerprint density at radius 2 is 1.92 bits per heavy atom. The van der Waals surface area contributed by atoms with E-state index in [9.17, 15) is 23.7 Å². The summed E-state index contributed by atoms with van der Waals surface area (Å²) >= 11 is 0. The zero-order valence-corrected chi connectivity index (χ0v) is 14.0. The first kappa shape index (κ1) is 18.9. The normalized spacial score (nSPS) is 20.2. The molecule has 138 valence electrons. The van der Waals surface area contributed by atoms with Crippen LogP contribution in [0.4, 0.5) is 14.5 Å². The van der Waals surface area contributed by atoms with Crippen LogP contribution in [0.15, 0.2) is 12.1 Å². The number of carbonyl (C=O) groups excluding carboxylic acids is 1. The van der Waals surface area contributed by atoms with Crippen LogP contribution in [0.1, 0.15) is 43.0 Å². The van der Waals surface area contributed by atoms with Crippen LogP contribution in [-0.4, -0.2) is 30.6 Å². The summed E-state index contributed by atoms with van der Waals surface area (Å²) in [6, 6.07) is 1.77. The third kappa shape index (κ3) is 4.77. The molecule has 0 aliphatic heterocycles. The number of benzene rings is 1. The number of halogens is 2. The molecule has 0 atom stereocenters. The average molecular weight is 358 g/mol. The summed E-state index contributed by atoms with van der Waals surface area (Å²) in [5.41, 5.74) is -0.861. The van der Waals surface area contributed by atoms with Crippen molar-refractivity contribution >= 4 is 11.6 Å². The van der Waals surface area contributed by atoms with Crippen molar-refractivity contribution in [1.29, 1.82) is 0 Å². The highest BCUT2D eigenvalue weighted by Gasteiger charge is 2.28. The van der Waals surface area contributed by atoms with Crippen LogP contribution < -0.4 is 14.8 Å². The fourth-order valence-corrected chi connectivity index (χ4v) is 2.90. The van der Waals surface area contributed by atoms with Gasteiger partial charge in [-0.05, 0) is 31.6 Å². The maximum Gasteiger partial charge on any atom is 0.387 e. The summed E-state index contributed by atoms with van der Waals surface area (Å²) in [5.74, 6) is -0.706. The summed E-state index contributed by atoms with van der Waals surface area (Å²) in [6.07, 6.45) is 3.53. The lowest BCUT2D eigenvalue weighted by Crippen LogP contribution is -2.37. The molecule has 1 aliphatic rings. The molecular formula is C16H20F2N2O5. The van der Waals surface area contributed by atoms with Crippen molar-refractivity contribution < 1.29 is 28.0 Å². The maximum absolute atomic E-state index is 12.5. The van der Waals surface area contributed by atoms with Crippen molar-refractivity contribution in [3.05, 3.63) is 27.8 Å². The fraction of sp³-hybridized carbons (Fsp3) is 0.562. The Labute approximate surface area is 143 Å². The standard InChI is InChI=1S/C16H20F2N2O5/c1-9-3-5-10(6-4-9)19-15(21)11-7-13(24-2)14(25-16(17)18)8-12(11)20(22)23/h7-10,16H,3-6H2,1-2H3,(H,19,21). The van der Waals surface area contributed by atoms with Gasteiger partial charge in [0.2, 0.25) is 0 Å². The molecular weight excluding hydrogens is 338 g/mol. The Kier molecular flexibility index (Phi) is 6.11. The van der Waals surface area contributed by atoms with Gasteiger partial charge in [0.05, 0.1) is 18.1 Å². The minimum Gasteiger partial charge on any atom is -0.493 e. The summed E-state index contributed by atoms with van der Waals surface area (Å²) in [6.45, 7) is -1.03. The Morgan fingerprint density at radius 1 is 1.28 bits per heavy atom. The van der Waals surface area contributed by atoms with Crippen LogP contribution >= 0.6 is 0 Å². The Morgan fingerprint density at radius 3 is 2.44 bits per heavy atom. The van der Waals surface area contributed by atoms with Crippen LogP contribution in [0.3, 0.4) is 0 Å². The summed E-state index contributed by atoms with van der Waals surface area (Å²) in [7, 11) is 1.20. The van der Waals surface area contributed by atoms with E-state index in [1.54, 1.807) is 0 Å². The molecule has 1 aromatic rings. The van der Waals surface area contributed by atoms with Crippen LogP contribution in [0.25, 0.3) is 0 Å². The topological polar surface area (TPSA) is 90.7 Å². The van der Waals surface area contributed by atoms with Gasteiger partial charge in [-0.1, -0.05) is 6.92 Å². The molecule has 1 aromatic carbocycles. The Balaban J connectivity index is 2.28. The first-order chi connectivity index (χ1) is 11.8. The zero-order chi connectivity index (χ0) is 18.6. The lowest BCUT2D eigenvalue weighted by atomic mass is 9.87. The third-order valence-electron chi connectivity index (χ3n) is 4.29. The molecule has 1 fully saturated rings. The number of methoxy groups -OCH3 is 1. The van der Waals surface area contributed by atoms with Gasteiger partial charge in [-0.3, -0.25) is 14.9 Å². The van der Waals surface area contributed by atoms with E-state index in [4.69, 9.17) is 4.74 Å². The summed E-state index contributed by atoms with van der Waals surface area (Å²) < 4.78 is 34.0. The molecule has 0 heterocycles. The van der Waals surface area contributed by atoms with Crippen molar-refractivity contribution in [2.45, 2.75) is 45.3 Å². The molecule has 0 saturated heterocycles. The Hall–Kier alpha value is -2.45. The predicted octanol–water partition coefficient (Wildman–Crippen LogP) is 3.51. The van der Waals surface area contributed by atoms with Gasteiger partial charge in [-0.25, -0.2) is 0 Å². The third-order valence-corrected chi connectivity index (χ3v) is 4.29. The molecule has 0 radical (unpaired) electrons. The molecule has 2 rings (SSSR count). The molecule has 7 nitrogen and oxygen atoms in total. The van der Waals surface area contributed by atoms with Gasteiger partial charge in [0.15, 0.2) is 11.5 Å². The number of nitrogens with one attached hydrogen (secondary N) is 1. The number of hydrogen-bond acceptors (Lipinski definition) is 5. The molecule has 1 amide bonds. The van der Waals surface area contributed by atoms with Gasteiger partial charge in [-0.15, -0.1) is 0 Å². The van der Waals surface area contributed by atoms with Crippen molar-refractivity contribution in [3.8, 4) is 11.5 Å². The molecule has 9 heteroatoms. The number of nitro groups is 1. The van der Waals surface area contributed by atoms with E-state index >= 15 is 0 Å². The molecule has 0 unspecified atom stereocenters. The van der Waals surface area contributed by atoms with Crippen molar-refractivity contribution in [1.82, 2.24) is 5.32 Å². The average Bonchev–Trinajstić information content (AvgIpc) is 2.55. The number of amides is 1. The number of alkyl halides is 2. The molecule has 0 aromatic heterocycles. The van der Waals surface area contributed by atoms with Crippen LogP contribution in [0.2, 0.25) is 0 Å². The molecule has 25 heavy (non-hydrogen) atoms. The second-order valence-electron chi connectivity index (χ2n) is 6.09. The van der Waals surface area contributed by atoms with Gasteiger partial charge in [0.1, 0.15) is 5.56 Å². The van der Waals surface area contributed by atoms with Crippen molar-refractivity contribution in [2.75, 3.05) is 7.11 Å². The van der Waals surface area contributed by atoms with Gasteiger partial charge in [0, 0.05) is 12.1 Å². The van der Waals surface area contributed by atoms with E-state index in [-0.39, 0.29) is 17.4 Å². The van der Waals surface area contributed by atoms with Crippen LogP contribution in [0, 0.1) is 16.0 Å². The van der Waals surface area contributed by atoms with Crippen molar-refractivity contribution in [3.63, 3.8) is 0 Å². The van der Waals surface area contributed by atoms with Gasteiger partial charge in [-0.2, -0.15) is 8.78 Å². The highest BCUT2D eigenvalue weighted by Crippen LogP contribution is 2.36. The van der Waals surface area contributed by atoms with E-state index < -0.39 is 28.9 Å². The minimum atomic E-state index is -3.17. The molecule has 1 aliphatic carbocycles. The number of rotatable bonds is 6. The molecule has 1 N–H and O–H groups in total. The monoisotopic (exact) mass is 358 g/mol. The van der Waals surface area contributed by atoms with E-state index in [0.29, 0.717) is 5.92 Å². The number of ether oxygens (including phenoxy) is 2. The van der Waals surface area contributed by atoms with E-state index in [2.05, 4.69) is 17.0 Å². The predicted molar refractivity (Wildman–Crippen MR) is 85.2 cm³/mol. The highest BCUT2D eigenvalue weighted by molar-refractivity contribution is 5.99. The van der Waals surface area contributed by atoms with E-state index in [1.165, 1.54) is 7.11 Å². The fourth-order valence-electron chi connectivity index (χ4n) is 2.90. The second kappa shape index (κ2) is 8.09. The quantitative estimate of drug-likeness (QED) is 0.621. The van der Waals surface area contributed by atoms with Crippen molar-refractivity contribution in [2.24, 2.45) is 5.92 Å². The number of hydrogen-bond donors (Lipinski definition) is 1. The molecule has 0 bridgehead atoms. The number of nitrogens with zero attached hydrogens (tertiary/aromatic N) is 1. The van der Waals surface area contributed by atoms with Gasteiger partial charge < -0.3 is 14.8 Å². The number of carbonyl (C=O) groups is 1. The second-order valence-corrected chi connectivity index (χ2v) is 6.09. The highest BCUT2D eigenvalue weighted by atomic mass is 19.3. The first-order valence-corrected chi connectivity index (χ1v) is 7.94. The lowest BCUT2D eigenvalue weighted by molar-refractivity contribution is -0.385. The van der Waals surface area contributed by atoms with Gasteiger partial charge in [0.25, 0.3) is 11.6 Å². The van der Waals surface area contributed by atoms with Gasteiger partial charge >= 0.3 is 6.61 Å². The summed E-state index contributed by atoms with van der Waals surface area (Å²) in [5, 5.41) is 14.0. The molecule has 0 spiro atoms. The number of nitro benzene ring substituents is 1. The van der Waals surface area contributed by atoms with E-state index in [1.807, 2.05) is 0 Å². The maximum atomic E-state index is 12.5. The first-order valence-electron chi connectivity index (χ1n) is 7.94. The van der Waals surface area contributed by atoms with Crippen LogP contribution in [0.5, 0.6) is 11.5 Å². The van der Waals surface area contributed by atoms with E-state index in [0.717, 1.165) is 37.8 Å². The smallest absolute Gasteiger partial charge is 0.387 e. The minimum absolute atomic E-state index is 0.0636. The largest absolute Gasteiger partial charge is 0.493 e. The summed E-state index contributed by atoms with van der Waals surface area (Å²) in [4.78, 5) is 22.9. The van der Waals surface area contributed by atoms with Crippen LogP contribution in [-0.2, 0) is 0 Å². The Bertz CT molecular complexity index is 646. The SMILES string of the molecule is COc1cc(C(=O)NC2CCC(C)CC2)c([N+](=O)[O-])cc1OC(F)F. The molecule has 1 saturated carbocycles.